The van der Waals surface area contributed by atoms with Crippen molar-refractivity contribution in [2.45, 2.75) is 51.0 Å². The largest absolute Gasteiger partial charge is 0.463 e. The maximum absolute atomic E-state index is 6.51. The fourth-order valence-corrected chi connectivity index (χ4v) is 3.90. The van der Waals surface area contributed by atoms with Crippen molar-refractivity contribution in [2.75, 3.05) is 0 Å². The zero-order valence-electron chi connectivity index (χ0n) is 15.6. The van der Waals surface area contributed by atoms with E-state index in [2.05, 4.69) is 27.2 Å². The standard InChI is InChI=1S/C20H21N5O3/c1-2-6-13-16-12(17-23-19(25-27-17)20(21)8-3-4-9-20)11-14(15-7-5-10-26-15)22-18(16)28-24-13/h5,7,10-11H,2-4,6,8-9,21H2,1H3. The molecule has 0 radical (unpaired) electrons. The lowest BCUT2D eigenvalue weighted by Crippen LogP contribution is -2.34. The van der Waals surface area contributed by atoms with Crippen LogP contribution in [-0.4, -0.2) is 20.3 Å². The van der Waals surface area contributed by atoms with Crippen molar-refractivity contribution in [2.24, 2.45) is 5.73 Å². The predicted octanol–water partition coefficient (Wildman–Crippen LogP) is 4.21. The minimum Gasteiger partial charge on any atom is -0.463 e. The molecule has 5 rings (SSSR count). The Labute approximate surface area is 161 Å². The van der Waals surface area contributed by atoms with E-state index in [1.807, 2.05) is 18.2 Å². The Morgan fingerprint density at radius 3 is 2.75 bits per heavy atom. The lowest BCUT2D eigenvalue weighted by molar-refractivity contribution is 0.373. The van der Waals surface area contributed by atoms with Crippen molar-refractivity contribution in [1.29, 1.82) is 0 Å². The van der Waals surface area contributed by atoms with Crippen molar-refractivity contribution < 1.29 is 13.5 Å². The predicted molar refractivity (Wildman–Crippen MR) is 101 cm³/mol. The Morgan fingerprint density at radius 2 is 2.00 bits per heavy atom. The van der Waals surface area contributed by atoms with Gasteiger partial charge in [0.05, 0.1) is 28.4 Å². The smallest absolute Gasteiger partial charge is 0.259 e. The molecule has 28 heavy (non-hydrogen) atoms. The molecule has 1 saturated carbocycles. The monoisotopic (exact) mass is 379 g/mol. The van der Waals surface area contributed by atoms with Gasteiger partial charge in [-0.15, -0.1) is 0 Å². The summed E-state index contributed by atoms with van der Waals surface area (Å²) in [4.78, 5) is 9.22. The van der Waals surface area contributed by atoms with Crippen LogP contribution in [0.4, 0.5) is 0 Å². The van der Waals surface area contributed by atoms with Crippen LogP contribution in [0.2, 0.25) is 0 Å². The van der Waals surface area contributed by atoms with E-state index in [9.17, 15) is 0 Å². The quantitative estimate of drug-likeness (QED) is 0.548. The van der Waals surface area contributed by atoms with E-state index in [0.29, 0.717) is 28.9 Å². The van der Waals surface area contributed by atoms with Crippen LogP contribution in [0.25, 0.3) is 34.0 Å². The van der Waals surface area contributed by atoms with E-state index in [-0.39, 0.29) is 0 Å². The third-order valence-electron chi connectivity index (χ3n) is 5.38. The van der Waals surface area contributed by atoms with Crippen LogP contribution in [0.15, 0.2) is 37.9 Å². The minimum atomic E-state index is -0.515. The molecule has 0 aliphatic heterocycles. The Kier molecular flexibility index (Phi) is 4.01. The molecule has 2 N–H and O–H groups in total. The van der Waals surface area contributed by atoms with E-state index >= 15 is 0 Å². The molecule has 0 aromatic carbocycles. The van der Waals surface area contributed by atoms with E-state index in [4.69, 9.17) is 19.2 Å². The number of pyridine rings is 1. The molecule has 4 aromatic rings. The molecule has 144 valence electrons. The summed E-state index contributed by atoms with van der Waals surface area (Å²) >= 11 is 0. The van der Waals surface area contributed by atoms with Crippen LogP contribution in [0.3, 0.4) is 0 Å². The molecule has 0 bridgehead atoms. The van der Waals surface area contributed by atoms with Crippen molar-refractivity contribution in [3.63, 3.8) is 0 Å². The maximum Gasteiger partial charge on any atom is 0.259 e. The Hall–Kier alpha value is -3.00. The average molecular weight is 379 g/mol. The summed E-state index contributed by atoms with van der Waals surface area (Å²) in [6, 6.07) is 5.54. The number of fused-ring (bicyclic) bond motifs is 1. The van der Waals surface area contributed by atoms with Gasteiger partial charge in [0.15, 0.2) is 11.6 Å². The van der Waals surface area contributed by atoms with Crippen molar-refractivity contribution in [1.82, 2.24) is 20.3 Å². The molecular weight excluding hydrogens is 358 g/mol. The van der Waals surface area contributed by atoms with Crippen LogP contribution in [0.1, 0.15) is 50.5 Å². The molecule has 0 spiro atoms. The van der Waals surface area contributed by atoms with Gasteiger partial charge < -0.3 is 19.2 Å². The molecule has 1 aliphatic rings. The number of hydrogen-bond donors (Lipinski definition) is 1. The van der Waals surface area contributed by atoms with Gasteiger partial charge in [-0.3, -0.25) is 0 Å². The lowest BCUT2D eigenvalue weighted by atomic mass is 9.98. The van der Waals surface area contributed by atoms with Gasteiger partial charge in [-0.2, -0.15) is 4.98 Å². The molecule has 0 unspecified atom stereocenters. The normalized spacial score (nSPS) is 16.2. The molecule has 0 saturated heterocycles. The molecule has 8 nitrogen and oxygen atoms in total. The Bertz CT molecular complexity index is 1110. The highest BCUT2D eigenvalue weighted by atomic mass is 16.5. The maximum atomic E-state index is 6.51. The molecule has 4 aromatic heterocycles. The highest BCUT2D eigenvalue weighted by molar-refractivity contribution is 5.93. The van der Waals surface area contributed by atoms with Crippen LogP contribution in [0.5, 0.6) is 0 Å². The van der Waals surface area contributed by atoms with Crippen molar-refractivity contribution in [3.05, 3.63) is 36.0 Å². The second kappa shape index (κ2) is 6.56. The number of nitrogens with zero attached hydrogens (tertiary/aromatic N) is 4. The first-order valence-electron chi connectivity index (χ1n) is 9.64. The van der Waals surface area contributed by atoms with Crippen LogP contribution < -0.4 is 5.73 Å². The number of aryl methyl sites for hydroxylation is 1. The third-order valence-corrected chi connectivity index (χ3v) is 5.38. The van der Waals surface area contributed by atoms with Gasteiger partial charge in [0.2, 0.25) is 0 Å². The fourth-order valence-electron chi connectivity index (χ4n) is 3.90. The van der Waals surface area contributed by atoms with Crippen molar-refractivity contribution >= 4 is 11.1 Å². The van der Waals surface area contributed by atoms with Gasteiger partial charge in [0.1, 0.15) is 5.69 Å². The van der Waals surface area contributed by atoms with E-state index in [1.54, 1.807) is 6.26 Å². The molecule has 0 atom stereocenters. The molecule has 8 heteroatoms. The van der Waals surface area contributed by atoms with Crippen molar-refractivity contribution in [3.8, 4) is 22.9 Å². The molecule has 1 fully saturated rings. The lowest BCUT2D eigenvalue weighted by Gasteiger charge is -2.17. The van der Waals surface area contributed by atoms with Gasteiger partial charge in [-0.1, -0.05) is 36.5 Å². The van der Waals surface area contributed by atoms with E-state index < -0.39 is 5.54 Å². The van der Waals surface area contributed by atoms with Gasteiger partial charge in [0, 0.05) is 0 Å². The SMILES string of the molecule is CCCc1noc2nc(-c3ccco3)cc(-c3nc(C4(N)CCCC4)no3)c12. The topological polar surface area (TPSA) is 117 Å². The summed E-state index contributed by atoms with van der Waals surface area (Å²) < 4.78 is 16.7. The summed E-state index contributed by atoms with van der Waals surface area (Å²) in [6.45, 7) is 2.09. The summed E-state index contributed by atoms with van der Waals surface area (Å²) in [5.74, 6) is 1.58. The molecular formula is C20H21N5O3. The summed E-state index contributed by atoms with van der Waals surface area (Å²) in [7, 11) is 0. The van der Waals surface area contributed by atoms with Crippen LogP contribution >= 0.6 is 0 Å². The number of aromatic nitrogens is 4. The summed E-state index contributed by atoms with van der Waals surface area (Å²) in [6.07, 6.45) is 7.19. The summed E-state index contributed by atoms with van der Waals surface area (Å²) in [5.41, 5.74) is 8.60. The second-order valence-electron chi connectivity index (χ2n) is 7.38. The van der Waals surface area contributed by atoms with Gasteiger partial charge in [-0.05, 0) is 37.5 Å². The summed E-state index contributed by atoms with van der Waals surface area (Å²) in [5, 5.41) is 9.20. The molecule has 4 heterocycles. The van der Waals surface area contributed by atoms with Gasteiger partial charge in [0.25, 0.3) is 11.6 Å². The minimum absolute atomic E-state index is 0.396. The van der Waals surface area contributed by atoms with E-state index in [1.165, 1.54) is 0 Å². The highest BCUT2D eigenvalue weighted by Gasteiger charge is 2.36. The molecule has 1 aliphatic carbocycles. The number of hydrogen-bond acceptors (Lipinski definition) is 8. The Morgan fingerprint density at radius 1 is 1.14 bits per heavy atom. The first-order valence-corrected chi connectivity index (χ1v) is 9.64. The Balaban J connectivity index is 1.68. The molecule has 0 amide bonds. The zero-order chi connectivity index (χ0) is 19.1. The first-order chi connectivity index (χ1) is 13.7. The van der Waals surface area contributed by atoms with Gasteiger partial charge >= 0.3 is 0 Å². The number of nitrogens with two attached hydrogens (primary N) is 1. The van der Waals surface area contributed by atoms with Crippen LogP contribution in [-0.2, 0) is 12.0 Å². The second-order valence-corrected chi connectivity index (χ2v) is 7.38. The van der Waals surface area contributed by atoms with Gasteiger partial charge in [-0.25, -0.2) is 4.98 Å². The van der Waals surface area contributed by atoms with Crippen LogP contribution in [0, 0.1) is 0 Å². The number of rotatable bonds is 5. The average Bonchev–Trinajstić information content (AvgIpc) is 3.48. The third kappa shape index (κ3) is 2.72. The number of furan rings is 1. The fraction of sp³-hybridized carbons (Fsp3) is 0.400. The zero-order valence-corrected chi connectivity index (χ0v) is 15.6. The van der Waals surface area contributed by atoms with E-state index in [0.717, 1.165) is 55.2 Å². The first kappa shape index (κ1) is 17.1. The highest BCUT2D eigenvalue weighted by Crippen LogP contribution is 2.38.